The predicted octanol–water partition coefficient (Wildman–Crippen LogP) is 3.47. The number of benzene rings is 1. The van der Waals surface area contributed by atoms with Crippen molar-refractivity contribution in [3.8, 4) is 0 Å². The zero-order valence-electron chi connectivity index (χ0n) is 13.3. The summed E-state index contributed by atoms with van der Waals surface area (Å²) in [5.41, 5.74) is 0.811. The van der Waals surface area contributed by atoms with E-state index in [-0.39, 0.29) is 30.0 Å². The van der Waals surface area contributed by atoms with Gasteiger partial charge in [0.25, 0.3) is 0 Å². The summed E-state index contributed by atoms with van der Waals surface area (Å²) in [4.78, 5) is 14.4. The average Bonchev–Trinajstić information content (AvgIpc) is 2.76. The molecule has 1 heterocycles. The second kappa shape index (κ2) is 6.56. The van der Waals surface area contributed by atoms with Crippen LogP contribution in [-0.2, 0) is 4.79 Å². The maximum Gasteiger partial charge on any atom is 0.241 e. The molecular weight excluding hydrogens is 267 g/mol. The van der Waals surface area contributed by atoms with Crippen LogP contribution >= 0.6 is 0 Å². The quantitative estimate of drug-likeness (QED) is 0.901. The Kier molecular flexibility index (Phi) is 4.99. The van der Waals surface area contributed by atoms with E-state index in [4.69, 9.17) is 0 Å². The molecule has 116 valence electrons. The van der Waals surface area contributed by atoms with E-state index in [1.807, 2.05) is 17.9 Å². The van der Waals surface area contributed by atoms with E-state index in [1.54, 1.807) is 6.07 Å². The minimum absolute atomic E-state index is 0.101. The summed E-state index contributed by atoms with van der Waals surface area (Å²) in [6.45, 7) is 8.27. The van der Waals surface area contributed by atoms with Gasteiger partial charge in [-0.05, 0) is 37.5 Å². The molecule has 1 aliphatic rings. The Balaban J connectivity index is 2.33. The normalized spacial score (nSPS) is 23.9. The second-order valence-corrected chi connectivity index (χ2v) is 5.91. The highest BCUT2D eigenvalue weighted by Gasteiger charge is 2.41. The number of amides is 1. The highest BCUT2D eigenvalue weighted by molar-refractivity contribution is 5.84. The summed E-state index contributed by atoms with van der Waals surface area (Å²) in [6.07, 6.45) is 1.83. The number of rotatable bonds is 5. The molecule has 1 fully saturated rings. The first-order valence-electron chi connectivity index (χ1n) is 7.83. The molecule has 1 aromatic carbocycles. The number of hydrogen-bond donors (Lipinski definition) is 1. The number of nitrogens with zero attached hydrogens (tertiary/aromatic N) is 1. The van der Waals surface area contributed by atoms with Crippen LogP contribution in [0.4, 0.5) is 4.39 Å². The molecule has 0 bridgehead atoms. The van der Waals surface area contributed by atoms with Gasteiger partial charge >= 0.3 is 0 Å². The Labute approximate surface area is 126 Å². The van der Waals surface area contributed by atoms with Crippen molar-refractivity contribution in [2.75, 3.05) is 0 Å². The predicted molar refractivity (Wildman–Crippen MR) is 82.1 cm³/mol. The summed E-state index contributed by atoms with van der Waals surface area (Å²) < 4.78 is 13.5. The van der Waals surface area contributed by atoms with Crippen LogP contribution in [-0.4, -0.2) is 22.9 Å². The lowest BCUT2D eigenvalue weighted by Crippen LogP contribution is -2.42. The van der Waals surface area contributed by atoms with Crippen LogP contribution in [0.2, 0.25) is 0 Å². The molecule has 0 spiro atoms. The zero-order chi connectivity index (χ0) is 15.6. The standard InChI is InChI=1S/C17H25FN2O/c1-5-13(6-2)12(4)20-16(19-11(3)17(20)21)14-8-7-9-15(18)10-14/h7-13,16,19H,5-6H2,1-4H3. The van der Waals surface area contributed by atoms with Crippen molar-refractivity contribution in [1.29, 1.82) is 0 Å². The molecule has 1 amide bonds. The van der Waals surface area contributed by atoms with E-state index in [1.165, 1.54) is 12.1 Å². The molecule has 1 aromatic rings. The van der Waals surface area contributed by atoms with Gasteiger partial charge in [-0.2, -0.15) is 0 Å². The van der Waals surface area contributed by atoms with Gasteiger partial charge in [0.1, 0.15) is 12.0 Å². The first-order valence-corrected chi connectivity index (χ1v) is 7.83. The van der Waals surface area contributed by atoms with E-state index < -0.39 is 0 Å². The van der Waals surface area contributed by atoms with E-state index in [2.05, 4.69) is 26.1 Å². The Morgan fingerprint density at radius 1 is 1.33 bits per heavy atom. The number of carbonyl (C=O) groups excluding carboxylic acids is 1. The van der Waals surface area contributed by atoms with Crippen molar-refractivity contribution in [3.63, 3.8) is 0 Å². The van der Waals surface area contributed by atoms with Crippen LogP contribution in [0, 0.1) is 11.7 Å². The molecule has 1 aliphatic heterocycles. The molecule has 3 atom stereocenters. The zero-order valence-corrected chi connectivity index (χ0v) is 13.3. The number of carbonyl (C=O) groups is 1. The van der Waals surface area contributed by atoms with Crippen molar-refractivity contribution < 1.29 is 9.18 Å². The van der Waals surface area contributed by atoms with Crippen molar-refractivity contribution in [3.05, 3.63) is 35.6 Å². The molecule has 1 saturated heterocycles. The van der Waals surface area contributed by atoms with Gasteiger partial charge in [0.05, 0.1) is 6.04 Å². The summed E-state index contributed by atoms with van der Waals surface area (Å²) >= 11 is 0. The van der Waals surface area contributed by atoms with Crippen molar-refractivity contribution in [1.82, 2.24) is 10.2 Å². The van der Waals surface area contributed by atoms with Crippen molar-refractivity contribution in [2.24, 2.45) is 5.92 Å². The monoisotopic (exact) mass is 292 g/mol. The number of hydrogen-bond acceptors (Lipinski definition) is 2. The van der Waals surface area contributed by atoms with Crippen molar-refractivity contribution >= 4 is 5.91 Å². The van der Waals surface area contributed by atoms with Gasteiger partial charge in [-0.1, -0.05) is 38.8 Å². The van der Waals surface area contributed by atoms with Crippen LogP contribution in [0.25, 0.3) is 0 Å². The third kappa shape index (κ3) is 3.10. The molecular formula is C17H25FN2O. The largest absolute Gasteiger partial charge is 0.319 e. The average molecular weight is 292 g/mol. The van der Waals surface area contributed by atoms with Crippen LogP contribution in [0.3, 0.4) is 0 Å². The third-order valence-corrected chi connectivity index (χ3v) is 4.65. The summed E-state index contributed by atoms with van der Waals surface area (Å²) in [6, 6.07) is 6.42. The highest BCUT2D eigenvalue weighted by Crippen LogP contribution is 2.31. The molecule has 0 saturated carbocycles. The maximum atomic E-state index is 13.5. The summed E-state index contributed by atoms with van der Waals surface area (Å²) in [5, 5.41) is 3.29. The fourth-order valence-corrected chi connectivity index (χ4v) is 3.31. The first-order chi connectivity index (χ1) is 9.99. The van der Waals surface area contributed by atoms with E-state index in [0.717, 1.165) is 18.4 Å². The summed E-state index contributed by atoms with van der Waals surface area (Å²) in [5.74, 6) is 0.289. The molecule has 0 radical (unpaired) electrons. The minimum Gasteiger partial charge on any atom is -0.319 e. The Morgan fingerprint density at radius 3 is 2.57 bits per heavy atom. The van der Waals surface area contributed by atoms with Gasteiger partial charge in [0, 0.05) is 6.04 Å². The highest BCUT2D eigenvalue weighted by atomic mass is 19.1. The topological polar surface area (TPSA) is 32.3 Å². The molecule has 4 heteroatoms. The molecule has 3 nitrogen and oxygen atoms in total. The summed E-state index contributed by atoms with van der Waals surface area (Å²) in [7, 11) is 0. The fourth-order valence-electron chi connectivity index (χ4n) is 3.31. The lowest BCUT2D eigenvalue weighted by molar-refractivity contribution is -0.133. The van der Waals surface area contributed by atoms with Gasteiger partial charge in [-0.3, -0.25) is 10.1 Å². The van der Waals surface area contributed by atoms with Gasteiger partial charge in [-0.25, -0.2) is 4.39 Å². The van der Waals surface area contributed by atoms with Gasteiger partial charge in [0.15, 0.2) is 0 Å². The third-order valence-electron chi connectivity index (χ3n) is 4.65. The lowest BCUT2D eigenvalue weighted by atomic mass is 9.93. The molecule has 2 rings (SSSR count). The van der Waals surface area contributed by atoms with Gasteiger partial charge < -0.3 is 4.90 Å². The maximum absolute atomic E-state index is 13.5. The second-order valence-electron chi connectivity index (χ2n) is 5.91. The molecule has 1 N–H and O–H groups in total. The van der Waals surface area contributed by atoms with E-state index >= 15 is 0 Å². The first kappa shape index (κ1) is 16.0. The van der Waals surface area contributed by atoms with Gasteiger partial charge in [0.2, 0.25) is 5.91 Å². The Morgan fingerprint density at radius 2 is 2.00 bits per heavy atom. The van der Waals surface area contributed by atoms with Crippen LogP contribution < -0.4 is 5.32 Å². The molecule has 3 unspecified atom stereocenters. The Bertz CT molecular complexity index is 501. The molecule has 0 aromatic heterocycles. The molecule has 0 aliphatic carbocycles. The van der Waals surface area contributed by atoms with Crippen LogP contribution in [0.5, 0.6) is 0 Å². The Hall–Kier alpha value is -1.42. The van der Waals surface area contributed by atoms with Crippen LogP contribution in [0.1, 0.15) is 52.3 Å². The molecule has 21 heavy (non-hydrogen) atoms. The van der Waals surface area contributed by atoms with Crippen LogP contribution in [0.15, 0.2) is 24.3 Å². The number of halogens is 1. The van der Waals surface area contributed by atoms with Gasteiger partial charge in [-0.15, -0.1) is 0 Å². The SMILES string of the molecule is CCC(CC)C(C)N1C(=O)C(C)NC1c1cccc(F)c1. The minimum atomic E-state index is -0.267. The van der Waals surface area contributed by atoms with Crippen molar-refractivity contribution in [2.45, 2.75) is 58.8 Å². The lowest BCUT2D eigenvalue weighted by Gasteiger charge is -2.35. The smallest absolute Gasteiger partial charge is 0.241 e. The fraction of sp³-hybridized carbons (Fsp3) is 0.588. The number of nitrogens with one attached hydrogen (secondary N) is 1. The van der Waals surface area contributed by atoms with E-state index in [9.17, 15) is 9.18 Å². The van der Waals surface area contributed by atoms with E-state index in [0.29, 0.717) is 5.92 Å².